The van der Waals surface area contributed by atoms with Gasteiger partial charge in [0.05, 0.1) is 5.38 Å². The van der Waals surface area contributed by atoms with E-state index in [0.717, 1.165) is 5.92 Å². The number of rotatable bonds is 3. The van der Waals surface area contributed by atoms with Crippen molar-refractivity contribution in [2.45, 2.75) is 43.4 Å². The maximum absolute atomic E-state index is 6.52. The topological polar surface area (TPSA) is 0 Å². The Morgan fingerprint density at radius 2 is 1.74 bits per heavy atom. The summed E-state index contributed by atoms with van der Waals surface area (Å²) in [5, 5.41) is 2.08. The van der Waals surface area contributed by atoms with E-state index >= 15 is 0 Å². The minimum Gasteiger partial charge on any atom is -0.147 e. The average molecular weight is 291 g/mol. The number of hydrogen-bond acceptors (Lipinski definition) is 1. The summed E-state index contributed by atoms with van der Waals surface area (Å²) in [5.41, 5.74) is 2.71. The van der Waals surface area contributed by atoms with E-state index in [4.69, 9.17) is 11.6 Å². The van der Waals surface area contributed by atoms with Crippen molar-refractivity contribution in [3.8, 4) is 0 Å². The molecule has 1 atom stereocenters. The van der Waals surface area contributed by atoms with Crippen LogP contribution in [0.15, 0.2) is 41.8 Å². The minimum absolute atomic E-state index is 0.000376. The van der Waals surface area contributed by atoms with E-state index < -0.39 is 0 Å². The number of benzene rings is 1. The van der Waals surface area contributed by atoms with Gasteiger partial charge in [-0.3, -0.25) is 0 Å². The van der Waals surface area contributed by atoms with Crippen LogP contribution in [0.2, 0.25) is 0 Å². The Labute approximate surface area is 124 Å². The standard InChI is InChI=1S/C17H19ClS/c18-17(16-7-4-12-19-16)15-10-8-14(9-11-15)13-5-2-1-3-6-13/h4,7-13,17H,1-3,5-6H2. The lowest BCUT2D eigenvalue weighted by atomic mass is 9.84. The number of thiophene rings is 1. The zero-order chi connectivity index (χ0) is 13.1. The lowest BCUT2D eigenvalue weighted by molar-refractivity contribution is 0.443. The van der Waals surface area contributed by atoms with Gasteiger partial charge in [0.1, 0.15) is 0 Å². The predicted octanol–water partition coefficient (Wildman–Crippen LogP) is 6.12. The van der Waals surface area contributed by atoms with Gasteiger partial charge in [0.15, 0.2) is 0 Å². The van der Waals surface area contributed by atoms with E-state index in [-0.39, 0.29) is 5.38 Å². The van der Waals surface area contributed by atoms with Crippen molar-refractivity contribution in [2.24, 2.45) is 0 Å². The molecule has 0 spiro atoms. The first kappa shape index (κ1) is 13.2. The lowest BCUT2D eigenvalue weighted by Crippen LogP contribution is -2.04. The van der Waals surface area contributed by atoms with Crippen LogP contribution >= 0.6 is 22.9 Å². The van der Waals surface area contributed by atoms with Gasteiger partial charge in [-0.15, -0.1) is 22.9 Å². The maximum Gasteiger partial charge on any atom is 0.0927 e. The zero-order valence-corrected chi connectivity index (χ0v) is 12.6. The highest BCUT2D eigenvalue weighted by Crippen LogP contribution is 2.35. The summed E-state index contributed by atoms with van der Waals surface area (Å²) in [6, 6.07) is 13.2. The first-order chi connectivity index (χ1) is 9.34. The smallest absolute Gasteiger partial charge is 0.0927 e. The van der Waals surface area contributed by atoms with Gasteiger partial charge in [0.25, 0.3) is 0 Å². The summed E-state index contributed by atoms with van der Waals surface area (Å²) in [4.78, 5) is 1.23. The zero-order valence-electron chi connectivity index (χ0n) is 11.0. The molecule has 0 nitrogen and oxygen atoms in total. The molecule has 0 aliphatic heterocycles. The second kappa shape index (κ2) is 6.11. The van der Waals surface area contributed by atoms with Crippen LogP contribution < -0.4 is 0 Å². The molecule has 1 unspecified atom stereocenters. The molecule has 2 aromatic rings. The molecular formula is C17H19ClS. The van der Waals surface area contributed by atoms with Crippen LogP contribution in [-0.2, 0) is 0 Å². The third-order valence-electron chi connectivity index (χ3n) is 4.10. The molecule has 1 aromatic carbocycles. The molecule has 1 saturated carbocycles. The number of hydrogen-bond donors (Lipinski definition) is 0. The molecule has 1 heterocycles. The maximum atomic E-state index is 6.52. The van der Waals surface area contributed by atoms with E-state index in [1.807, 2.05) is 0 Å². The van der Waals surface area contributed by atoms with Gasteiger partial charge < -0.3 is 0 Å². The summed E-state index contributed by atoms with van der Waals surface area (Å²) in [5.74, 6) is 0.776. The van der Waals surface area contributed by atoms with Crippen molar-refractivity contribution in [3.63, 3.8) is 0 Å². The first-order valence-corrected chi connectivity index (χ1v) is 8.43. The third kappa shape index (κ3) is 3.04. The van der Waals surface area contributed by atoms with Crippen molar-refractivity contribution < 1.29 is 0 Å². The molecule has 1 aromatic heterocycles. The van der Waals surface area contributed by atoms with Gasteiger partial charge in [-0.05, 0) is 41.3 Å². The molecule has 19 heavy (non-hydrogen) atoms. The van der Waals surface area contributed by atoms with Gasteiger partial charge >= 0.3 is 0 Å². The number of alkyl halides is 1. The van der Waals surface area contributed by atoms with E-state index in [1.165, 1.54) is 48.1 Å². The fraction of sp³-hybridized carbons (Fsp3) is 0.412. The Hall–Kier alpha value is -0.790. The highest BCUT2D eigenvalue weighted by Gasteiger charge is 2.16. The van der Waals surface area contributed by atoms with Crippen LogP contribution in [-0.4, -0.2) is 0 Å². The lowest BCUT2D eigenvalue weighted by Gasteiger charge is -2.22. The highest BCUT2D eigenvalue weighted by atomic mass is 35.5. The summed E-state index contributed by atoms with van der Waals surface area (Å²) < 4.78 is 0. The van der Waals surface area contributed by atoms with Crippen LogP contribution in [0.4, 0.5) is 0 Å². The average Bonchev–Trinajstić information content (AvgIpc) is 3.02. The van der Waals surface area contributed by atoms with Crippen molar-refractivity contribution in [1.82, 2.24) is 0 Å². The molecule has 3 rings (SSSR count). The summed E-state index contributed by atoms with van der Waals surface area (Å²) in [6.07, 6.45) is 6.90. The molecule has 0 amide bonds. The molecule has 1 aliphatic carbocycles. The monoisotopic (exact) mass is 290 g/mol. The Morgan fingerprint density at radius 1 is 1.00 bits per heavy atom. The summed E-state index contributed by atoms with van der Waals surface area (Å²) in [6.45, 7) is 0. The van der Waals surface area contributed by atoms with Crippen molar-refractivity contribution in [3.05, 3.63) is 57.8 Å². The minimum atomic E-state index is 0.000376. The van der Waals surface area contributed by atoms with Gasteiger partial charge in [-0.2, -0.15) is 0 Å². The van der Waals surface area contributed by atoms with E-state index in [0.29, 0.717) is 0 Å². The van der Waals surface area contributed by atoms with E-state index in [2.05, 4.69) is 41.8 Å². The van der Waals surface area contributed by atoms with Crippen LogP contribution in [0.25, 0.3) is 0 Å². The molecule has 0 saturated heterocycles. The molecule has 1 aliphatic rings. The summed E-state index contributed by atoms with van der Waals surface area (Å²) in [7, 11) is 0. The largest absolute Gasteiger partial charge is 0.147 e. The highest BCUT2D eigenvalue weighted by molar-refractivity contribution is 7.10. The van der Waals surface area contributed by atoms with Crippen molar-refractivity contribution in [1.29, 1.82) is 0 Å². The second-order valence-electron chi connectivity index (χ2n) is 5.38. The Morgan fingerprint density at radius 3 is 2.37 bits per heavy atom. The number of halogens is 1. The first-order valence-electron chi connectivity index (χ1n) is 7.12. The van der Waals surface area contributed by atoms with Crippen LogP contribution in [0.3, 0.4) is 0 Å². The normalized spacial score (nSPS) is 18.4. The predicted molar refractivity (Wildman–Crippen MR) is 84.3 cm³/mol. The third-order valence-corrected chi connectivity index (χ3v) is 5.65. The Balaban J connectivity index is 1.75. The molecule has 0 radical (unpaired) electrons. The van der Waals surface area contributed by atoms with Crippen LogP contribution in [0.1, 0.15) is 59.4 Å². The van der Waals surface area contributed by atoms with Crippen LogP contribution in [0, 0.1) is 0 Å². The molecule has 100 valence electrons. The Bertz CT molecular complexity index is 495. The van der Waals surface area contributed by atoms with E-state index in [1.54, 1.807) is 11.3 Å². The van der Waals surface area contributed by atoms with Gasteiger partial charge in [-0.25, -0.2) is 0 Å². The van der Waals surface area contributed by atoms with E-state index in [9.17, 15) is 0 Å². The van der Waals surface area contributed by atoms with Gasteiger partial charge in [0.2, 0.25) is 0 Å². The fourth-order valence-electron chi connectivity index (χ4n) is 2.97. The molecular weight excluding hydrogens is 272 g/mol. The molecule has 0 bridgehead atoms. The summed E-state index contributed by atoms with van der Waals surface area (Å²) >= 11 is 8.25. The van der Waals surface area contributed by atoms with Crippen LogP contribution in [0.5, 0.6) is 0 Å². The SMILES string of the molecule is ClC(c1ccc(C2CCCCC2)cc1)c1cccs1. The van der Waals surface area contributed by atoms with Gasteiger partial charge in [0, 0.05) is 4.88 Å². The van der Waals surface area contributed by atoms with Crippen molar-refractivity contribution >= 4 is 22.9 Å². The van der Waals surface area contributed by atoms with Gasteiger partial charge in [-0.1, -0.05) is 49.6 Å². The fourth-order valence-corrected chi connectivity index (χ4v) is 4.07. The Kier molecular flexibility index (Phi) is 4.24. The molecule has 1 fully saturated rings. The second-order valence-corrected chi connectivity index (χ2v) is 6.80. The molecule has 0 N–H and O–H groups in total. The van der Waals surface area contributed by atoms with Crippen molar-refractivity contribution in [2.75, 3.05) is 0 Å². The quantitative estimate of drug-likeness (QED) is 0.597. The molecule has 2 heteroatoms.